The molecule has 1 aromatic carbocycles. The van der Waals surface area contributed by atoms with E-state index in [2.05, 4.69) is 4.98 Å². The van der Waals surface area contributed by atoms with Crippen molar-refractivity contribution >= 4 is 11.8 Å². The number of carbonyl (C=O) groups is 2. The van der Waals surface area contributed by atoms with E-state index in [1.807, 2.05) is 30.3 Å². The number of Topliss-reactive ketones (excluding diaryl/α,β-unsaturated/α-hetero) is 1. The smallest absolute Gasteiger partial charge is 0.317 e. The molecule has 0 bridgehead atoms. The number of H-pyrrole nitrogens is 1. The summed E-state index contributed by atoms with van der Waals surface area (Å²) in [6, 6.07) is 13.0. The summed E-state index contributed by atoms with van der Waals surface area (Å²) in [4.78, 5) is 26.8. The number of carbonyl (C=O) groups excluding carboxylic acids is 2. The molecule has 1 fully saturated rings. The average Bonchev–Trinajstić information content (AvgIpc) is 3.12. The van der Waals surface area contributed by atoms with E-state index in [1.54, 1.807) is 18.3 Å². The molecule has 0 unspecified atom stereocenters. The van der Waals surface area contributed by atoms with E-state index >= 15 is 0 Å². The van der Waals surface area contributed by atoms with Gasteiger partial charge in [0.25, 0.3) is 0 Å². The Labute approximate surface area is 116 Å². The number of benzene rings is 1. The summed E-state index contributed by atoms with van der Waals surface area (Å²) < 4.78 is 5.20. The van der Waals surface area contributed by atoms with Gasteiger partial charge in [-0.1, -0.05) is 30.3 Å². The van der Waals surface area contributed by atoms with Crippen LogP contribution in [0.4, 0.5) is 0 Å². The summed E-state index contributed by atoms with van der Waals surface area (Å²) >= 11 is 0. The highest BCUT2D eigenvalue weighted by Gasteiger charge is 2.52. The monoisotopic (exact) mass is 269 g/mol. The maximum absolute atomic E-state index is 12.2. The number of aromatic nitrogens is 1. The summed E-state index contributed by atoms with van der Waals surface area (Å²) in [5.41, 5.74) is 0.900. The molecule has 2 aromatic rings. The Morgan fingerprint density at radius 2 is 1.85 bits per heavy atom. The molecule has 0 atom stereocenters. The molecule has 0 amide bonds. The summed E-state index contributed by atoms with van der Waals surface area (Å²) in [6.45, 7) is -0.214. The van der Waals surface area contributed by atoms with Crippen molar-refractivity contribution in [1.29, 1.82) is 0 Å². The lowest BCUT2D eigenvalue weighted by atomic mass is 9.96. The predicted octanol–water partition coefficient (Wildman–Crippen LogP) is 2.47. The van der Waals surface area contributed by atoms with Crippen molar-refractivity contribution in [2.45, 2.75) is 18.3 Å². The minimum atomic E-state index is -0.530. The largest absolute Gasteiger partial charge is 0.457 e. The molecule has 0 spiro atoms. The summed E-state index contributed by atoms with van der Waals surface area (Å²) in [6.07, 6.45) is 3.24. The summed E-state index contributed by atoms with van der Waals surface area (Å²) in [7, 11) is 0. The molecule has 102 valence electrons. The molecule has 4 nitrogen and oxygen atoms in total. The highest BCUT2D eigenvalue weighted by molar-refractivity contribution is 5.97. The Kier molecular flexibility index (Phi) is 3.14. The zero-order chi connectivity index (χ0) is 14.0. The molecule has 1 saturated carbocycles. The van der Waals surface area contributed by atoms with Gasteiger partial charge >= 0.3 is 5.97 Å². The van der Waals surface area contributed by atoms with Gasteiger partial charge in [0.2, 0.25) is 5.78 Å². The van der Waals surface area contributed by atoms with Crippen molar-refractivity contribution in [3.63, 3.8) is 0 Å². The number of nitrogens with one attached hydrogen (secondary N) is 1. The predicted molar refractivity (Wildman–Crippen MR) is 73.4 cm³/mol. The second kappa shape index (κ2) is 4.96. The van der Waals surface area contributed by atoms with Gasteiger partial charge in [-0.25, -0.2) is 0 Å². The van der Waals surface area contributed by atoms with Crippen molar-refractivity contribution in [3.05, 3.63) is 59.9 Å². The standard InChI is InChI=1S/C16H15NO3/c18-14(13-7-4-10-17-13)11-20-15(19)16(8-9-16)12-5-2-1-3-6-12/h1-7,10,17H,8-9,11H2. The van der Waals surface area contributed by atoms with Gasteiger partial charge in [-0.05, 0) is 30.5 Å². The van der Waals surface area contributed by atoms with Crippen LogP contribution in [0.5, 0.6) is 0 Å². The number of hydrogen-bond acceptors (Lipinski definition) is 3. The second-order valence-corrected chi connectivity index (χ2v) is 5.03. The zero-order valence-corrected chi connectivity index (χ0v) is 11.0. The van der Waals surface area contributed by atoms with Gasteiger partial charge in [0.1, 0.15) is 0 Å². The molecule has 1 aliphatic rings. The maximum Gasteiger partial charge on any atom is 0.317 e. The Morgan fingerprint density at radius 1 is 1.10 bits per heavy atom. The van der Waals surface area contributed by atoms with Crippen LogP contribution < -0.4 is 0 Å². The quantitative estimate of drug-likeness (QED) is 0.670. The van der Waals surface area contributed by atoms with Crippen molar-refractivity contribution in [2.75, 3.05) is 6.61 Å². The van der Waals surface area contributed by atoms with Crippen molar-refractivity contribution < 1.29 is 14.3 Å². The number of ether oxygens (including phenoxy) is 1. The molecule has 1 heterocycles. The molecule has 4 heteroatoms. The van der Waals surface area contributed by atoms with E-state index in [-0.39, 0.29) is 18.4 Å². The lowest BCUT2D eigenvalue weighted by Gasteiger charge is -2.14. The lowest BCUT2D eigenvalue weighted by Crippen LogP contribution is -2.25. The minimum Gasteiger partial charge on any atom is -0.457 e. The molecule has 0 aliphatic heterocycles. The van der Waals surface area contributed by atoms with Crippen molar-refractivity contribution in [2.24, 2.45) is 0 Å². The Bertz CT molecular complexity index is 612. The van der Waals surface area contributed by atoms with Crippen LogP contribution in [-0.2, 0) is 14.9 Å². The van der Waals surface area contributed by atoms with E-state index in [1.165, 1.54) is 0 Å². The lowest BCUT2D eigenvalue weighted by molar-refractivity contribution is -0.145. The van der Waals surface area contributed by atoms with Gasteiger partial charge in [0.15, 0.2) is 6.61 Å². The first kappa shape index (κ1) is 12.7. The third-order valence-electron chi connectivity index (χ3n) is 3.70. The van der Waals surface area contributed by atoms with Crippen LogP contribution in [0.2, 0.25) is 0 Å². The summed E-state index contributed by atoms with van der Waals surface area (Å²) in [5.74, 6) is -0.518. The van der Waals surface area contributed by atoms with Crippen LogP contribution in [0, 0.1) is 0 Å². The van der Waals surface area contributed by atoms with Gasteiger partial charge in [0.05, 0.1) is 11.1 Å². The Hall–Kier alpha value is -2.36. The van der Waals surface area contributed by atoms with E-state index in [0.29, 0.717) is 5.69 Å². The van der Waals surface area contributed by atoms with Crippen LogP contribution >= 0.6 is 0 Å². The molecule has 3 rings (SSSR count). The van der Waals surface area contributed by atoms with E-state index in [4.69, 9.17) is 4.74 Å². The van der Waals surface area contributed by atoms with Crippen LogP contribution in [-0.4, -0.2) is 23.3 Å². The highest BCUT2D eigenvalue weighted by Crippen LogP contribution is 2.49. The minimum absolute atomic E-state index is 0.214. The topological polar surface area (TPSA) is 59.2 Å². The number of rotatable bonds is 5. The van der Waals surface area contributed by atoms with Crippen molar-refractivity contribution in [1.82, 2.24) is 4.98 Å². The Balaban J connectivity index is 1.64. The average molecular weight is 269 g/mol. The van der Waals surface area contributed by atoms with Gasteiger partial charge in [-0.2, -0.15) is 0 Å². The fourth-order valence-electron chi connectivity index (χ4n) is 2.34. The number of esters is 1. The molecular weight excluding hydrogens is 254 g/mol. The highest BCUT2D eigenvalue weighted by atomic mass is 16.5. The fourth-order valence-corrected chi connectivity index (χ4v) is 2.34. The first-order valence-corrected chi connectivity index (χ1v) is 6.62. The van der Waals surface area contributed by atoms with Gasteiger partial charge in [-0.3, -0.25) is 9.59 Å². The third kappa shape index (κ3) is 2.25. The van der Waals surface area contributed by atoms with Gasteiger partial charge in [0, 0.05) is 6.20 Å². The Morgan fingerprint density at radius 3 is 2.45 bits per heavy atom. The first-order valence-electron chi connectivity index (χ1n) is 6.62. The van der Waals surface area contributed by atoms with E-state index < -0.39 is 5.41 Å². The molecule has 0 saturated heterocycles. The number of hydrogen-bond donors (Lipinski definition) is 1. The van der Waals surface area contributed by atoms with Gasteiger partial charge < -0.3 is 9.72 Å². The van der Waals surface area contributed by atoms with Crippen LogP contribution in [0.3, 0.4) is 0 Å². The third-order valence-corrected chi connectivity index (χ3v) is 3.70. The summed E-state index contributed by atoms with van der Waals surface area (Å²) in [5, 5.41) is 0. The van der Waals surface area contributed by atoms with E-state index in [0.717, 1.165) is 18.4 Å². The van der Waals surface area contributed by atoms with E-state index in [9.17, 15) is 9.59 Å². The molecule has 0 radical (unpaired) electrons. The van der Waals surface area contributed by atoms with Crippen LogP contribution in [0.25, 0.3) is 0 Å². The first-order chi connectivity index (χ1) is 9.72. The fraction of sp³-hybridized carbons (Fsp3) is 0.250. The number of ketones is 1. The van der Waals surface area contributed by atoms with Crippen LogP contribution in [0.1, 0.15) is 28.9 Å². The van der Waals surface area contributed by atoms with Gasteiger partial charge in [-0.15, -0.1) is 0 Å². The molecule has 20 heavy (non-hydrogen) atoms. The second-order valence-electron chi connectivity index (χ2n) is 5.03. The zero-order valence-electron chi connectivity index (χ0n) is 11.0. The molecular formula is C16H15NO3. The molecule has 1 aliphatic carbocycles. The number of aromatic amines is 1. The molecule has 1 N–H and O–H groups in total. The molecule has 1 aromatic heterocycles. The maximum atomic E-state index is 12.2. The van der Waals surface area contributed by atoms with Crippen molar-refractivity contribution in [3.8, 4) is 0 Å². The van der Waals surface area contributed by atoms with Crippen LogP contribution in [0.15, 0.2) is 48.7 Å². The normalized spacial score (nSPS) is 15.6. The SMILES string of the molecule is O=C(COC(=O)C1(c2ccccc2)CC1)c1ccc[nH]1.